The van der Waals surface area contributed by atoms with Crippen molar-refractivity contribution in [1.82, 2.24) is 9.13 Å². The largest absolute Gasteiger partial charge is 0.336 e. The normalized spacial score (nSPS) is 10.6. The van der Waals surface area contributed by atoms with Crippen molar-refractivity contribution >= 4 is 0 Å². The van der Waals surface area contributed by atoms with Crippen LogP contribution in [0.5, 0.6) is 0 Å². The van der Waals surface area contributed by atoms with Crippen molar-refractivity contribution in [3.05, 3.63) is 98.8 Å². The van der Waals surface area contributed by atoms with E-state index in [9.17, 15) is 9.59 Å². The van der Waals surface area contributed by atoms with E-state index in [1.165, 1.54) is 10.6 Å². The van der Waals surface area contributed by atoms with Crippen molar-refractivity contribution in [2.24, 2.45) is 0 Å². The first-order valence-corrected chi connectivity index (χ1v) is 7.09. The number of hydrogen-bond donors (Lipinski definition) is 0. The van der Waals surface area contributed by atoms with Gasteiger partial charge in [0.15, 0.2) is 0 Å². The molecule has 0 aliphatic heterocycles. The van der Waals surface area contributed by atoms with E-state index in [4.69, 9.17) is 0 Å². The molecule has 110 valence electrons. The third kappa shape index (κ3) is 2.63. The average molecular weight is 292 g/mol. The Morgan fingerprint density at radius 3 is 2.09 bits per heavy atom. The number of nitrogens with zero attached hydrogens (tertiary/aromatic N) is 2. The molecule has 1 aromatic heterocycles. The maximum atomic E-state index is 12.7. The molecule has 22 heavy (non-hydrogen) atoms. The monoisotopic (exact) mass is 292 g/mol. The second kappa shape index (κ2) is 5.85. The summed E-state index contributed by atoms with van der Waals surface area (Å²) in [6.45, 7) is 2.22. The maximum Gasteiger partial charge on any atom is 0.336 e. The Kier molecular flexibility index (Phi) is 3.74. The van der Waals surface area contributed by atoms with Crippen LogP contribution >= 0.6 is 0 Å². The van der Waals surface area contributed by atoms with E-state index >= 15 is 0 Å². The minimum absolute atomic E-state index is 0.307. The summed E-state index contributed by atoms with van der Waals surface area (Å²) in [5, 5.41) is 0. The highest BCUT2D eigenvalue weighted by Crippen LogP contribution is 2.05. The lowest BCUT2D eigenvalue weighted by Gasteiger charge is -2.13. The number of hydrogen-bond acceptors (Lipinski definition) is 2. The fraction of sp³-hybridized carbons (Fsp3) is 0.111. The minimum atomic E-state index is -0.319. The predicted molar refractivity (Wildman–Crippen MR) is 86.6 cm³/mol. The number of aromatic nitrogens is 2. The van der Waals surface area contributed by atoms with Crippen LogP contribution in [0.25, 0.3) is 5.69 Å². The fourth-order valence-corrected chi connectivity index (χ4v) is 2.46. The zero-order valence-corrected chi connectivity index (χ0v) is 12.3. The molecule has 0 amide bonds. The quantitative estimate of drug-likeness (QED) is 0.744. The highest BCUT2D eigenvalue weighted by molar-refractivity contribution is 5.31. The van der Waals surface area contributed by atoms with Gasteiger partial charge >= 0.3 is 5.69 Å². The van der Waals surface area contributed by atoms with Crippen molar-refractivity contribution in [3.8, 4) is 5.69 Å². The molecule has 2 aromatic carbocycles. The molecule has 0 saturated heterocycles. The summed E-state index contributed by atoms with van der Waals surface area (Å²) in [6, 6.07) is 20.2. The van der Waals surface area contributed by atoms with Crippen LogP contribution in [0, 0.1) is 6.92 Å². The van der Waals surface area contributed by atoms with Crippen molar-refractivity contribution in [3.63, 3.8) is 0 Å². The average Bonchev–Trinajstić information content (AvgIpc) is 2.53. The molecule has 3 rings (SSSR count). The molecule has 3 aromatic rings. The molecule has 0 saturated carbocycles. The first kappa shape index (κ1) is 14.1. The van der Waals surface area contributed by atoms with Gasteiger partial charge in [-0.1, -0.05) is 48.5 Å². The molecular formula is C18H16N2O2. The van der Waals surface area contributed by atoms with E-state index in [1.54, 1.807) is 23.6 Å². The third-order valence-corrected chi connectivity index (χ3v) is 3.60. The van der Waals surface area contributed by atoms with Gasteiger partial charge in [0.25, 0.3) is 5.56 Å². The predicted octanol–water partition coefficient (Wildman–Crippen LogP) is 2.36. The number of aryl methyl sites for hydroxylation is 1. The van der Waals surface area contributed by atoms with Gasteiger partial charge in [0, 0.05) is 11.8 Å². The second-order valence-corrected chi connectivity index (χ2v) is 5.15. The molecule has 4 nitrogen and oxygen atoms in total. The molecule has 0 fully saturated rings. The molecule has 0 aliphatic carbocycles. The molecule has 1 heterocycles. The van der Waals surface area contributed by atoms with E-state index < -0.39 is 0 Å². The lowest BCUT2D eigenvalue weighted by atomic mass is 10.2. The van der Waals surface area contributed by atoms with Gasteiger partial charge in [-0.15, -0.1) is 0 Å². The van der Waals surface area contributed by atoms with E-state index in [1.807, 2.05) is 48.5 Å². The van der Waals surface area contributed by atoms with Crippen molar-refractivity contribution in [2.75, 3.05) is 0 Å². The van der Waals surface area contributed by atoms with E-state index in [-0.39, 0.29) is 11.2 Å². The van der Waals surface area contributed by atoms with Gasteiger partial charge in [-0.05, 0) is 24.6 Å². The summed E-state index contributed by atoms with van der Waals surface area (Å²) < 4.78 is 2.82. The molecular weight excluding hydrogens is 276 g/mol. The Hall–Kier alpha value is -2.88. The Balaban J connectivity index is 2.16. The summed E-state index contributed by atoms with van der Waals surface area (Å²) in [5.74, 6) is 0. The zero-order valence-electron chi connectivity index (χ0n) is 12.3. The van der Waals surface area contributed by atoms with Crippen LogP contribution in [-0.4, -0.2) is 9.13 Å². The SMILES string of the molecule is Cc1cc(=O)n(-c2ccccc2)c(=O)n1Cc1ccccc1. The van der Waals surface area contributed by atoms with Crippen LogP contribution < -0.4 is 11.2 Å². The highest BCUT2D eigenvalue weighted by Gasteiger charge is 2.10. The molecule has 0 spiro atoms. The fourth-order valence-electron chi connectivity index (χ4n) is 2.46. The molecule has 0 bridgehead atoms. The summed E-state index contributed by atoms with van der Waals surface area (Å²) in [6.07, 6.45) is 0. The first-order valence-electron chi connectivity index (χ1n) is 7.09. The van der Waals surface area contributed by atoms with Crippen molar-refractivity contribution < 1.29 is 0 Å². The van der Waals surface area contributed by atoms with Crippen LogP contribution in [0.1, 0.15) is 11.3 Å². The first-order chi connectivity index (χ1) is 10.7. The molecule has 0 atom stereocenters. The molecule has 0 radical (unpaired) electrons. The van der Waals surface area contributed by atoms with E-state index in [0.717, 1.165) is 5.56 Å². The molecule has 0 unspecified atom stereocenters. The number of para-hydroxylation sites is 1. The topological polar surface area (TPSA) is 44.0 Å². The Labute approximate surface area is 127 Å². The van der Waals surface area contributed by atoms with E-state index in [2.05, 4.69) is 0 Å². The lowest BCUT2D eigenvalue weighted by Crippen LogP contribution is -2.39. The van der Waals surface area contributed by atoms with Crippen molar-refractivity contribution in [2.45, 2.75) is 13.5 Å². The Morgan fingerprint density at radius 1 is 0.864 bits per heavy atom. The maximum absolute atomic E-state index is 12.7. The van der Waals surface area contributed by atoms with Gasteiger partial charge in [0.1, 0.15) is 0 Å². The van der Waals surface area contributed by atoms with Crippen LogP contribution in [0.2, 0.25) is 0 Å². The van der Waals surface area contributed by atoms with Crippen LogP contribution in [-0.2, 0) is 6.54 Å². The summed E-state index contributed by atoms with van der Waals surface area (Å²) in [5.41, 5.74) is 1.63. The number of rotatable bonds is 3. The van der Waals surface area contributed by atoms with Gasteiger partial charge in [0.2, 0.25) is 0 Å². The molecule has 4 heteroatoms. The van der Waals surface area contributed by atoms with Crippen LogP contribution in [0.15, 0.2) is 76.3 Å². The summed E-state index contributed by atoms with van der Waals surface area (Å²) in [7, 11) is 0. The second-order valence-electron chi connectivity index (χ2n) is 5.15. The van der Waals surface area contributed by atoms with Crippen LogP contribution in [0.3, 0.4) is 0 Å². The van der Waals surface area contributed by atoms with Gasteiger partial charge in [0.05, 0.1) is 12.2 Å². The third-order valence-electron chi connectivity index (χ3n) is 3.60. The van der Waals surface area contributed by atoms with Crippen LogP contribution in [0.4, 0.5) is 0 Å². The van der Waals surface area contributed by atoms with Gasteiger partial charge in [-0.3, -0.25) is 9.36 Å². The molecule has 0 aliphatic rings. The molecule has 0 N–H and O–H groups in total. The smallest absolute Gasteiger partial charge is 0.293 e. The number of benzene rings is 2. The van der Waals surface area contributed by atoms with E-state index in [0.29, 0.717) is 17.9 Å². The minimum Gasteiger partial charge on any atom is -0.293 e. The van der Waals surface area contributed by atoms with Gasteiger partial charge in [-0.2, -0.15) is 0 Å². The lowest BCUT2D eigenvalue weighted by molar-refractivity contribution is 0.659. The van der Waals surface area contributed by atoms with Gasteiger partial charge in [-0.25, -0.2) is 9.36 Å². The summed E-state index contributed by atoms with van der Waals surface area (Å²) in [4.78, 5) is 25.0. The Morgan fingerprint density at radius 2 is 1.45 bits per heavy atom. The van der Waals surface area contributed by atoms with Gasteiger partial charge < -0.3 is 0 Å². The Bertz CT molecular complexity index is 894. The summed E-state index contributed by atoms with van der Waals surface area (Å²) >= 11 is 0. The zero-order chi connectivity index (χ0) is 15.5. The van der Waals surface area contributed by atoms with Crippen molar-refractivity contribution in [1.29, 1.82) is 0 Å². The highest BCUT2D eigenvalue weighted by atomic mass is 16.2. The standard InChI is InChI=1S/C18H16N2O2/c1-14-12-17(21)20(16-10-6-3-7-11-16)18(22)19(14)13-15-8-4-2-5-9-15/h2-12H,13H2,1H3.